The summed E-state index contributed by atoms with van der Waals surface area (Å²) < 4.78 is 32.0. The first-order valence-electron chi connectivity index (χ1n) is 6.35. The van der Waals surface area contributed by atoms with Crippen molar-refractivity contribution in [2.24, 2.45) is 5.73 Å². The maximum atomic E-state index is 12.7. The molecule has 1 heterocycles. The van der Waals surface area contributed by atoms with Crippen molar-refractivity contribution in [2.45, 2.75) is 25.3 Å². The van der Waals surface area contributed by atoms with Crippen molar-refractivity contribution < 1.29 is 13.2 Å². The van der Waals surface area contributed by atoms with Gasteiger partial charge in [-0.3, -0.25) is 0 Å². The maximum Gasteiger partial charge on any atom is 0.243 e. The van der Waals surface area contributed by atoms with Gasteiger partial charge in [0.2, 0.25) is 10.0 Å². The number of aryl methyl sites for hydroxylation is 1. The van der Waals surface area contributed by atoms with Gasteiger partial charge in [0.15, 0.2) is 0 Å². The van der Waals surface area contributed by atoms with E-state index >= 15 is 0 Å². The maximum absolute atomic E-state index is 12.7. The smallest absolute Gasteiger partial charge is 0.243 e. The van der Waals surface area contributed by atoms with E-state index in [9.17, 15) is 8.42 Å². The van der Waals surface area contributed by atoms with Gasteiger partial charge in [0.1, 0.15) is 0 Å². The van der Waals surface area contributed by atoms with Gasteiger partial charge in [-0.25, -0.2) is 8.42 Å². The fraction of sp³-hybridized carbons (Fsp3) is 0.538. The Hall–Kier alpha value is -0.950. The molecule has 0 radical (unpaired) electrons. The van der Waals surface area contributed by atoms with Gasteiger partial charge in [0.05, 0.1) is 18.1 Å². The Morgan fingerprint density at radius 3 is 2.47 bits per heavy atom. The quantitative estimate of drug-likeness (QED) is 0.890. The van der Waals surface area contributed by atoms with Crippen molar-refractivity contribution in [1.29, 1.82) is 0 Å². The summed E-state index contributed by atoms with van der Waals surface area (Å²) >= 11 is 0. The van der Waals surface area contributed by atoms with E-state index in [1.165, 1.54) is 4.31 Å². The van der Waals surface area contributed by atoms with Crippen LogP contribution < -0.4 is 5.73 Å². The highest BCUT2D eigenvalue weighted by Gasteiger charge is 2.28. The highest BCUT2D eigenvalue weighted by molar-refractivity contribution is 7.89. The molecule has 1 aliphatic heterocycles. The van der Waals surface area contributed by atoms with E-state index in [1.54, 1.807) is 6.07 Å². The predicted octanol–water partition coefficient (Wildman–Crippen LogP) is 0.783. The van der Waals surface area contributed by atoms with Gasteiger partial charge in [0, 0.05) is 19.6 Å². The summed E-state index contributed by atoms with van der Waals surface area (Å²) in [5.41, 5.74) is 8.22. The molecule has 6 heteroatoms. The number of nitrogens with two attached hydrogens (primary N) is 1. The van der Waals surface area contributed by atoms with Crippen molar-refractivity contribution in [2.75, 3.05) is 26.3 Å². The molecule has 0 unspecified atom stereocenters. The number of sulfonamides is 1. The van der Waals surface area contributed by atoms with Gasteiger partial charge in [-0.2, -0.15) is 4.31 Å². The number of hydrogen-bond donors (Lipinski definition) is 1. The monoisotopic (exact) mass is 284 g/mol. The van der Waals surface area contributed by atoms with Crippen molar-refractivity contribution in [3.63, 3.8) is 0 Å². The lowest BCUT2D eigenvalue weighted by atomic mass is 10.1. The van der Waals surface area contributed by atoms with E-state index in [4.69, 9.17) is 10.5 Å². The molecule has 2 N–H and O–H groups in total. The second kappa shape index (κ2) is 5.58. The first-order chi connectivity index (χ1) is 8.96. The van der Waals surface area contributed by atoms with Crippen LogP contribution in [0.3, 0.4) is 0 Å². The second-order valence-electron chi connectivity index (χ2n) is 4.76. The molecule has 1 aromatic rings. The van der Waals surface area contributed by atoms with Crippen LogP contribution in [0, 0.1) is 13.8 Å². The fourth-order valence-electron chi connectivity index (χ4n) is 2.21. The van der Waals surface area contributed by atoms with E-state index in [0.717, 1.165) is 16.7 Å². The minimum absolute atomic E-state index is 0.340. The van der Waals surface area contributed by atoms with Crippen LogP contribution >= 0.6 is 0 Å². The summed E-state index contributed by atoms with van der Waals surface area (Å²) in [6.45, 7) is 5.81. The van der Waals surface area contributed by atoms with Gasteiger partial charge in [-0.05, 0) is 36.6 Å². The van der Waals surface area contributed by atoms with Gasteiger partial charge in [0.25, 0.3) is 0 Å². The Kier molecular flexibility index (Phi) is 4.25. The normalized spacial score (nSPS) is 17.6. The van der Waals surface area contributed by atoms with E-state index in [0.29, 0.717) is 37.7 Å². The van der Waals surface area contributed by atoms with Crippen LogP contribution in [0.25, 0.3) is 0 Å². The Balaban J connectivity index is 2.47. The average molecular weight is 284 g/mol. The van der Waals surface area contributed by atoms with E-state index in [-0.39, 0.29) is 0 Å². The van der Waals surface area contributed by atoms with Crippen LogP contribution in [0.15, 0.2) is 17.0 Å². The lowest BCUT2D eigenvalue weighted by Gasteiger charge is -2.27. The van der Waals surface area contributed by atoms with Crippen molar-refractivity contribution in [3.8, 4) is 0 Å². The molecule has 1 aliphatic rings. The highest BCUT2D eigenvalue weighted by atomic mass is 32.2. The zero-order valence-corrected chi connectivity index (χ0v) is 12.2. The molecule has 1 aromatic carbocycles. The van der Waals surface area contributed by atoms with E-state index in [2.05, 4.69) is 0 Å². The number of ether oxygens (including phenoxy) is 1. The Morgan fingerprint density at radius 1 is 1.26 bits per heavy atom. The van der Waals surface area contributed by atoms with Gasteiger partial charge >= 0.3 is 0 Å². The molecular weight excluding hydrogens is 264 g/mol. The summed E-state index contributed by atoms with van der Waals surface area (Å²) in [5.74, 6) is 0. The molecule has 2 rings (SSSR count). The summed E-state index contributed by atoms with van der Waals surface area (Å²) in [6.07, 6.45) is 0. The first kappa shape index (κ1) is 14.5. The fourth-order valence-corrected chi connectivity index (χ4v) is 3.97. The molecule has 0 spiro atoms. The number of benzene rings is 1. The molecule has 19 heavy (non-hydrogen) atoms. The summed E-state index contributed by atoms with van der Waals surface area (Å²) in [5, 5.41) is 0. The number of nitrogens with zero attached hydrogens (tertiary/aromatic N) is 1. The third kappa shape index (κ3) is 2.81. The van der Waals surface area contributed by atoms with E-state index < -0.39 is 10.0 Å². The van der Waals surface area contributed by atoms with Crippen LogP contribution in [-0.2, 0) is 21.3 Å². The molecule has 0 bridgehead atoms. The topological polar surface area (TPSA) is 72.6 Å². The minimum atomic E-state index is -3.45. The van der Waals surface area contributed by atoms with Crippen LogP contribution in [0.5, 0.6) is 0 Å². The zero-order chi connectivity index (χ0) is 14.0. The predicted molar refractivity (Wildman–Crippen MR) is 73.4 cm³/mol. The largest absolute Gasteiger partial charge is 0.379 e. The Morgan fingerprint density at radius 2 is 1.89 bits per heavy atom. The highest BCUT2D eigenvalue weighted by Crippen LogP contribution is 2.24. The van der Waals surface area contributed by atoms with Crippen LogP contribution in [0.2, 0.25) is 0 Å². The molecule has 0 atom stereocenters. The average Bonchev–Trinajstić information content (AvgIpc) is 2.42. The Labute approximate surface area is 114 Å². The third-order valence-electron chi connectivity index (χ3n) is 3.50. The van der Waals surface area contributed by atoms with E-state index in [1.807, 2.05) is 19.9 Å². The molecule has 0 amide bonds. The minimum Gasteiger partial charge on any atom is -0.379 e. The Bertz CT molecular complexity index is 563. The molecule has 0 aliphatic carbocycles. The van der Waals surface area contributed by atoms with Crippen LogP contribution in [0.1, 0.15) is 16.7 Å². The van der Waals surface area contributed by atoms with Crippen molar-refractivity contribution in [3.05, 3.63) is 28.8 Å². The third-order valence-corrected chi connectivity index (χ3v) is 5.53. The molecule has 106 valence electrons. The standard InChI is InChI=1S/C13H20N2O3S/c1-10-7-12(9-14)8-13(11(10)2)19(16,17)15-3-5-18-6-4-15/h7-8H,3-6,9,14H2,1-2H3. The molecule has 0 saturated carbocycles. The SMILES string of the molecule is Cc1cc(CN)cc(S(=O)(=O)N2CCOCC2)c1C. The zero-order valence-electron chi connectivity index (χ0n) is 11.3. The molecule has 5 nitrogen and oxygen atoms in total. The number of hydrogen-bond acceptors (Lipinski definition) is 4. The van der Waals surface area contributed by atoms with Gasteiger partial charge in [-0.15, -0.1) is 0 Å². The second-order valence-corrected chi connectivity index (χ2v) is 6.66. The number of rotatable bonds is 3. The summed E-state index contributed by atoms with van der Waals surface area (Å²) in [6, 6.07) is 3.63. The van der Waals surface area contributed by atoms with Crippen LogP contribution in [0.4, 0.5) is 0 Å². The van der Waals surface area contributed by atoms with Crippen molar-refractivity contribution >= 4 is 10.0 Å². The summed E-state index contributed by atoms with van der Waals surface area (Å²) in [4.78, 5) is 0.370. The first-order valence-corrected chi connectivity index (χ1v) is 7.79. The summed E-state index contributed by atoms with van der Waals surface area (Å²) in [7, 11) is -3.45. The molecule has 1 saturated heterocycles. The van der Waals surface area contributed by atoms with Crippen LogP contribution in [-0.4, -0.2) is 39.0 Å². The molecule has 0 aromatic heterocycles. The lowest BCUT2D eigenvalue weighted by molar-refractivity contribution is 0.0730. The number of morpholine rings is 1. The van der Waals surface area contributed by atoms with Gasteiger partial charge in [-0.1, -0.05) is 6.07 Å². The lowest BCUT2D eigenvalue weighted by Crippen LogP contribution is -2.40. The van der Waals surface area contributed by atoms with Crippen molar-refractivity contribution in [1.82, 2.24) is 4.31 Å². The molecule has 1 fully saturated rings. The van der Waals surface area contributed by atoms with Gasteiger partial charge < -0.3 is 10.5 Å². The molecular formula is C13H20N2O3S.